The lowest BCUT2D eigenvalue weighted by atomic mass is 10.1. The molecule has 1 aromatic rings. The Hall–Kier alpha value is -0.160. The number of rotatable bonds is 1. The number of hydrogen-bond acceptors (Lipinski definition) is 1. The maximum atomic E-state index is 12.7. The molecule has 0 bridgehead atoms. The second kappa shape index (κ2) is 3.49. The quantitative estimate of drug-likeness (QED) is 0.775. The smallest absolute Gasteiger partial charge is 0.136 e. The molecule has 0 aromatic heterocycles. The number of benzene rings is 1. The molecule has 0 unspecified atom stereocenters. The average Bonchev–Trinajstić information content (AvgIpc) is 1.94. The third-order valence-electron chi connectivity index (χ3n) is 1.47. The van der Waals surface area contributed by atoms with Gasteiger partial charge >= 0.3 is 0 Å². The van der Waals surface area contributed by atoms with E-state index in [1.807, 2.05) is 29.5 Å². The fourth-order valence-electron chi connectivity index (χ4n) is 0.796. The summed E-state index contributed by atoms with van der Waals surface area (Å²) < 4.78 is 13.3. The average molecular weight is 265 g/mol. The molecule has 0 saturated carbocycles. The molecule has 1 atom stereocenters. The second-order valence-corrected chi connectivity index (χ2v) is 3.62. The van der Waals surface area contributed by atoms with Gasteiger partial charge in [-0.25, -0.2) is 4.39 Å². The molecule has 0 heterocycles. The molecule has 2 N–H and O–H groups in total. The molecule has 0 aliphatic rings. The first-order valence-corrected chi connectivity index (χ1v) is 4.39. The van der Waals surface area contributed by atoms with Crippen molar-refractivity contribution in [1.29, 1.82) is 0 Å². The molecular weight excluding hydrogens is 256 g/mol. The number of hydrogen-bond donors (Lipinski definition) is 1. The van der Waals surface area contributed by atoms with Gasteiger partial charge in [-0.2, -0.15) is 0 Å². The van der Waals surface area contributed by atoms with Gasteiger partial charge in [0.05, 0.1) is 0 Å². The van der Waals surface area contributed by atoms with Crippen LogP contribution in [-0.4, -0.2) is 0 Å². The van der Waals surface area contributed by atoms with Crippen LogP contribution >= 0.6 is 22.6 Å². The Labute approximate surface area is 78.9 Å². The van der Waals surface area contributed by atoms with Crippen LogP contribution in [0.4, 0.5) is 4.39 Å². The maximum Gasteiger partial charge on any atom is 0.136 e. The topological polar surface area (TPSA) is 26.0 Å². The van der Waals surface area contributed by atoms with Crippen LogP contribution in [0, 0.1) is 9.39 Å². The molecule has 3 heteroatoms. The number of nitrogens with two attached hydrogens (primary N) is 1. The predicted molar refractivity (Wildman–Crippen MR) is 51.7 cm³/mol. The molecule has 0 fully saturated rings. The van der Waals surface area contributed by atoms with Crippen LogP contribution in [0.3, 0.4) is 0 Å². The molecule has 0 aliphatic heterocycles. The molecular formula is C8H9FIN. The minimum Gasteiger partial charge on any atom is -0.324 e. The van der Waals surface area contributed by atoms with E-state index in [0.717, 1.165) is 5.56 Å². The van der Waals surface area contributed by atoms with Gasteiger partial charge in [0.2, 0.25) is 0 Å². The standard InChI is InChI=1S/C8H9FIN/c1-5(11)6-2-3-7(9)8(10)4-6/h2-5H,11H2,1H3/t5-/m0/s1. The van der Waals surface area contributed by atoms with Gasteiger partial charge in [-0.1, -0.05) is 6.07 Å². The van der Waals surface area contributed by atoms with Gasteiger partial charge in [-0.15, -0.1) is 0 Å². The van der Waals surface area contributed by atoms with E-state index in [1.165, 1.54) is 6.07 Å². The third-order valence-corrected chi connectivity index (χ3v) is 2.30. The van der Waals surface area contributed by atoms with E-state index in [0.29, 0.717) is 3.57 Å². The van der Waals surface area contributed by atoms with E-state index in [1.54, 1.807) is 12.1 Å². The Morgan fingerprint density at radius 1 is 1.55 bits per heavy atom. The summed E-state index contributed by atoms with van der Waals surface area (Å²) in [6.07, 6.45) is 0. The lowest BCUT2D eigenvalue weighted by molar-refractivity contribution is 0.618. The SMILES string of the molecule is C[C@H](N)c1ccc(F)c(I)c1. The highest BCUT2D eigenvalue weighted by molar-refractivity contribution is 14.1. The van der Waals surface area contributed by atoms with Gasteiger partial charge in [-0.05, 0) is 47.2 Å². The minimum atomic E-state index is -0.185. The van der Waals surface area contributed by atoms with Crippen LogP contribution in [-0.2, 0) is 0 Å². The van der Waals surface area contributed by atoms with Crippen molar-refractivity contribution in [2.75, 3.05) is 0 Å². The van der Waals surface area contributed by atoms with Crippen LogP contribution in [0.1, 0.15) is 18.5 Å². The van der Waals surface area contributed by atoms with Crippen molar-refractivity contribution in [3.8, 4) is 0 Å². The summed E-state index contributed by atoms with van der Waals surface area (Å²) in [6, 6.07) is 4.90. The summed E-state index contributed by atoms with van der Waals surface area (Å²) in [6.45, 7) is 1.88. The zero-order chi connectivity index (χ0) is 8.43. The Morgan fingerprint density at radius 2 is 2.18 bits per heavy atom. The van der Waals surface area contributed by atoms with Crippen LogP contribution < -0.4 is 5.73 Å². The zero-order valence-corrected chi connectivity index (χ0v) is 8.30. The van der Waals surface area contributed by atoms with E-state index < -0.39 is 0 Å². The van der Waals surface area contributed by atoms with Crippen LogP contribution in [0.5, 0.6) is 0 Å². The summed E-state index contributed by atoms with van der Waals surface area (Å²) in [7, 11) is 0. The largest absolute Gasteiger partial charge is 0.324 e. The van der Waals surface area contributed by atoms with Crippen molar-refractivity contribution in [2.24, 2.45) is 5.73 Å². The maximum absolute atomic E-state index is 12.7. The Kier molecular flexibility index (Phi) is 2.84. The predicted octanol–water partition coefficient (Wildman–Crippen LogP) is 2.45. The molecule has 1 nitrogen and oxygen atoms in total. The van der Waals surface area contributed by atoms with Crippen molar-refractivity contribution in [1.82, 2.24) is 0 Å². The summed E-state index contributed by atoms with van der Waals surface area (Å²) in [4.78, 5) is 0. The molecule has 60 valence electrons. The van der Waals surface area contributed by atoms with Gasteiger partial charge in [0.25, 0.3) is 0 Å². The first-order chi connectivity index (χ1) is 5.11. The van der Waals surface area contributed by atoms with Gasteiger partial charge in [0, 0.05) is 9.61 Å². The fourth-order valence-corrected chi connectivity index (χ4v) is 1.33. The lowest BCUT2D eigenvalue weighted by Gasteiger charge is -2.05. The normalized spacial score (nSPS) is 13.1. The van der Waals surface area contributed by atoms with E-state index >= 15 is 0 Å². The molecule has 1 rings (SSSR count). The first kappa shape index (κ1) is 8.93. The van der Waals surface area contributed by atoms with E-state index in [-0.39, 0.29) is 11.9 Å². The first-order valence-electron chi connectivity index (χ1n) is 3.32. The lowest BCUT2D eigenvalue weighted by Crippen LogP contribution is -2.05. The highest BCUT2D eigenvalue weighted by Gasteiger charge is 2.02. The van der Waals surface area contributed by atoms with Crippen molar-refractivity contribution < 1.29 is 4.39 Å². The highest BCUT2D eigenvalue weighted by atomic mass is 127. The molecule has 0 aliphatic carbocycles. The van der Waals surface area contributed by atoms with Crippen molar-refractivity contribution in [3.05, 3.63) is 33.1 Å². The van der Waals surface area contributed by atoms with Crippen molar-refractivity contribution >= 4 is 22.6 Å². The van der Waals surface area contributed by atoms with Gasteiger partial charge in [-0.3, -0.25) is 0 Å². The molecule has 1 aromatic carbocycles. The molecule has 0 saturated heterocycles. The molecule has 0 amide bonds. The van der Waals surface area contributed by atoms with Crippen molar-refractivity contribution in [3.63, 3.8) is 0 Å². The van der Waals surface area contributed by atoms with Gasteiger partial charge in [0.1, 0.15) is 5.82 Å². The summed E-state index contributed by atoms with van der Waals surface area (Å²) in [5.41, 5.74) is 6.58. The van der Waals surface area contributed by atoms with Crippen molar-refractivity contribution in [2.45, 2.75) is 13.0 Å². The second-order valence-electron chi connectivity index (χ2n) is 2.46. The zero-order valence-electron chi connectivity index (χ0n) is 6.14. The Bertz CT molecular complexity index is 260. The summed E-state index contributed by atoms with van der Waals surface area (Å²) in [5, 5.41) is 0. The van der Waals surface area contributed by atoms with Crippen LogP contribution in [0.25, 0.3) is 0 Å². The monoisotopic (exact) mass is 265 g/mol. The molecule has 0 spiro atoms. The number of halogens is 2. The molecule has 11 heavy (non-hydrogen) atoms. The minimum absolute atomic E-state index is 0.0240. The van der Waals surface area contributed by atoms with Gasteiger partial charge in [0.15, 0.2) is 0 Å². The van der Waals surface area contributed by atoms with Crippen LogP contribution in [0.15, 0.2) is 18.2 Å². The Morgan fingerprint density at radius 3 is 2.64 bits per heavy atom. The third kappa shape index (κ3) is 2.13. The Balaban J connectivity index is 3.05. The summed E-state index contributed by atoms with van der Waals surface area (Å²) in [5.74, 6) is -0.185. The molecule has 0 radical (unpaired) electrons. The van der Waals surface area contributed by atoms with E-state index in [4.69, 9.17) is 5.73 Å². The van der Waals surface area contributed by atoms with E-state index in [2.05, 4.69) is 0 Å². The van der Waals surface area contributed by atoms with E-state index in [9.17, 15) is 4.39 Å². The van der Waals surface area contributed by atoms with Gasteiger partial charge < -0.3 is 5.73 Å². The highest BCUT2D eigenvalue weighted by Crippen LogP contribution is 2.16. The fraction of sp³-hybridized carbons (Fsp3) is 0.250. The van der Waals surface area contributed by atoms with Crippen LogP contribution in [0.2, 0.25) is 0 Å². The summed E-state index contributed by atoms with van der Waals surface area (Å²) >= 11 is 1.95.